The van der Waals surface area contributed by atoms with E-state index in [0.717, 1.165) is 11.1 Å². The molecule has 2 rings (SSSR count). The number of rotatable bonds is 4. The van der Waals surface area contributed by atoms with Crippen LogP contribution in [0.2, 0.25) is 0 Å². The van der Waals surface area contributed by atoms with E-state index in [1.807, 2.05) is 61.5 Å². The van der Waals surface area contributed by atoms with E-state index in [0.29, 0.717) is 0 Å². The summed E-state index contributed by atoms with van der Waals surface area (Å²) < 4.78 is 4.86. The molecule has 0 aromatic heterocycles. The van der Waals surface area contributed by atoms with Gasteiger partial charge in [0.25, 0.3) is 0 Å². The minimum Gasteiger partial charge on any atom is -0.468 e. The third-order valence-electron chi connectivity index (χ3n) is 3.27. The summed E-state index contributed by atoms with van der Waals surface area (Å²) in [5, 5.41) is 0. The molecule has 2 aromatic carbocycles. The van der Waals surface area contributed by atoms with Crippen LogP contribution < -0.4 is 0 Å². The Morgan fingerprint density at radius 1 is 0.950 bits per heavy atom. The number of ether oxygens (including phenoxy) is 1. The van der Waals surface area contributed by atoms with Crippen molar-refractivity contribution in [3.63, 3.8) is 0 Å². The molecule has 0 radical (unpaired) electrons. The fourth-order valence-electron chi connectivity index (χ4n) is 2.25. The molecule has 0 aliphatic carbocycles. The highest BCUT2D eigenvalue weighted by Crippen LogP contribution is 2.24. The average molecular weight is 269 g/mol. The quantitative estimate of drug-likeness (QED) is 0.799. The Labute approximate surface area is 119 Å². The van der Waals surface area contributed by atoms with E-state index in [9.17, 15) is 4.79 Å². The zero-order chi connectivity index (χ0) is 14.5. The highest BCUT2D eigenvalue weighted by Gasteiger charge is 2.23. The minimum atomic E-state index is -0.371. The van der Waals surface area contributed by atoms with Gasteiger partial charge in [-0.25, -0.2) is 4.79 Å². The van der Waals surface area contributed by atoms with Crippen molar-refractivity contribution in [3.05, 3.63) is 60.2 Å². The predicted octanol–water partition coefficient (Wildman–Crippen LogP) is 3.13. The number of hydrogen-bond donors (Lipinski definition) is 0. The molecular weight excluding hydrogens is 250 g/mol. The van der Waals surface area contributed by atoms with Crippen LogP contribution in [0.1, 0.15) is 11.6 Å². The minimum absolute atomic E-state index is 0.248. The van der Waals surface area contributed by atoms with Crippen molar-refractivity contribution in [2.24, 2.45) is 0 Å². The lowest BCUT2D eigenvalue weighted by molar-refractivity contribution is -0.146. The first-order valence-corrected chi connectivity index (χ1v) is 6.53. The summed E-state index contributed by atoms with van der Waals surface area (Å²) in [5.41, 5.74) is 3.23. The van der Waals surface area contributed by atoms with Gasteiger partial charge in [0.2, 0.25) is 0 Å². The molecule has 104 valence electrons. The van der Waals surface area contributed by atoms with Gasteiger partial charge in [0.1, 0.15) is 6.04 Å². The number of carbonyl (C=O) groups excluding carboxylic acids is 1. The molecule has 1 unspecified atom stereocenters. The van der Waals surface area contributed by atoms with E-state index < -0.39 is 0 Å². The van der Waals surface area contributed by atoms with Gasteiger partial charge in [0, 0.05) is 0 Å². The number of hydrogen-bond acceptors (Lipinski definition) is 3. The summed E-state index contributed by atoms with van der Waals surface area (Å²) in [5.74, 6) is -0.248. The van der Waals surface area contributed by atoms with Crippen LogP contribution >= 0.6 is 0 Å². The zero-order valence-corrected chi connectivity index (χ0v) is 12.0. The van der Waals surface area contributed by atoms with Crippen LogP contribution in [0.4, 0.5) is 0 Å². The van der Waals surface area contributed by atoms with Crippen molar-refractivity contribution in [2.75, 3.05) is 21.2 Å². The summed E-state index contributed by atoms with van der Waals surface area (Å²) >= 11 is 0. The highest BCUT2D eigenvalue weighted by molar-refractivity contribution is 5.78. The third-order valence-corrected chi connectivity index (χ3v) is 3.27. The van der Waals surface area contributed by atoms with Gasteiger partial charge in [0.05, 0.1) is 7.11 Å². The molecule has 3 heteroatoms. The van der Waals surface area contributed by atoms with Crippen LogP contribution in [-0.4, -0.2) is 32.1 Å². The molecule has 0 bridgehead atoms. The maximum Gasteiger partial charge on any atom is 0.327 e. The van der Waals surface area contributed by atoms with Gasteiger partial charge in [-0.15, -0.1) is 0 Å². The fourth-order valence-corrected chi connectivity index (χ4v) is 2.25. The molecule has 0 fully saturated rings. The van der Waals surface area contributed by atoms with Crippen molar-refractivity contribution >= 4 is 5.97 Å². The van der Waals surface area contributed by atoms with Crippen LogP contribution in [0.5, 0.6) is 0 Å². The maximum atomic E-state index is 11.8. The molecule has 0 N–H and O–H groups in total. The van der Waals surface area contributed by atoms with Crippen LogP contribution in [0.25, 0.3) is 11.1 Å². The Morgan fingerprint density at radius 2 is 1.50 bits per heavy atom. The molecule has 0 spiro atoms. The number of methoxy groups -OCH3 is 1. The van der Waals surface area contributed by atoms with E-state index in [-0.39, 0.29) is 12.0 Å². The lowest BCUT2D eigenvalue weighted by Gasteiger charge is -2.22. The van der Waals surface area contributed by atoms with Gasteiger partial charge < -0.3 is 4.74 Å². The van der Waals surface area contributed by atoms with E-state index in [1.54, 1.807) is 0 Å². The molecule has 0 saturated heterocycles. The van der Waals surface area contributed by atoms with Gasteiger partial charge in [-0.3, -0.25) is 4.90 Å². The topological polar surface area (TPSA) is 29.5 Å². The third kappa shape index (κ3) is 3.06. The first-order valence-electron chi connectivity index (χ1n) is 6.53. The van der Waals surface area contributed by atoms with Crippen molar-refractivity contribution in [1.29, 1.82) is 0 Å². The summed E-state index contributed by atoms with van der Waals surface area (Å²) in [4.78, 5) is 13.7. The van der Waals surface area contributed by atoms with Crippen LogP contribution in [0.3, 0.4) is 0 Å². The molecule has 2 aromatic rings. The summed E-state index contributed by atoms with van der Waals surface area (Å²) in [6, 6.07) is 17.8. The molecule has 0 aliphatic rings. The standard InChI is InChI=1S/C17H19NO2/c1-18(2)16(17(19)20-3)15-11-9-14(10-12-15)13-7-5-4-6-8-13/h4-12,16H,1-3H3. The number of nitrogens with zero attached hydrogens (tertiary/aromatic N) is 1. The molecule has 3 nitrogen and oxygen atoms in total. The Bertz CT molecular complexity index is 561. The van der Waals surface area contributed by atoms with Crippen molar-refractivity contribution in [3.8, 4) is 11.1 Å². The predicted molar refractivity (Wildman–Crippen MR) is 80.3 cm³/mol. The highest BCUT2D eigenvalue weighted by atomic mass is 16.5. The first kappa shape index (κ1) is 14.3. The van der Waals surface area contributed by atoms with Crippen molar-refractivity contribution in [1.82, 2.24) is 4.90 Å². The molecule has 0 saturated carbocycles. The molecule has 1 atom stereocenters. The fraction of sp³-hybridized carbons (Fsp3) is 0.235. The van der Waals surface area contributed by atoms with Crippen LogP contribution in [-0.2, 0) is 9.53 Å². The largest absolute Gasteiger partial charge is 0.468 e. The van der Waals surface area contributed by atoms with Gasteiger partial charge in [-0.1, -0.05) is 54.6 Å². The monoisotopic (exact) mass is 269 g/mol. The smallest absolute Gasteiger partial charge is 0.327 e. The van der Waals surface area contributed by atoms with Crippen molar-refractivity contribution < 1.29 is 9.53 Å². The summed E-state index contributed by atoms with van der Waals surface area (Å²) in [7, 11) is 5.15. The summed E-state index contributed by atoms with van der Waals surface area (Å²) in [6.45, 7) is 0. The Kier molecular flexibility index (Phi) is 4.53. The summed E-state index contributed by atoms with van der Waals surface area (Å²) in [6.07, 6.45) is 0. The first-order chi connectivity index (χ1) is 9.63. The van der Waals surface area contributed by atoms with Gasteiger partial charge in [-0.05, 0) is 30.8 Å². The van der Waals surface area contributed by atoms with E-state index >= 15 is 0 Å². The number of carbonyl (C=O) groups is 1. The lowest BCUT2D eigenvalue weighted by Crippen LogP contribution is -2.28. The van der Waals surface area contributed by atoms with Crippen LogP contribution in [0.15, 0.2) is 54.6 Å². The molecular formula is C17H19NO2. The normalized spacial score (nSPS) is 12.2. The second-order valence-corrected chi connectivity index (χ2v) is 4.88. The second kappa shape index (κ2) is 6.35. The Balaban J connectivity index is 2.29. The SMILES string of the molecule is COC(=O)C(c1ccc(-c2ccccc2)cc1)N(C)C. The Hall–Kier alpha value is -2.13. The number of esters is 1. The lowest BCUT2D eigenvalue weighted by atomic mass is 10.0. The average Bonchev–Trinajstić information content (AvgIpc) is 2.48. The Morgan fingerprint density at radius 3 is 2.00 bits per heavy atom. The van der Waals surface area contributed by atoms with E-state index in [1.165, 1.54) is 12.7 Å². The number of benzene rings is 2. The van der Waals surface area contributed by atoms with Crippen LogP contribution in [0, 0.1) is 0 Å². The van der Waals surface area contributed by atoms with Crippen molar-refractivity contribution in [2.45, 2.75) is 6.04 Å². The second-order valence-electron chi connectivity index (χ2n) is 4.88. The maximum absolute atomic E-state index is 11.8. The van der Waals surface area contributed by atoms with Gasteiger partial charge in [0.15, 0.2) is 0 Å². The van der Waals surface area contributed by atoms with E-state index in [4.69, 9.17) is 4.74 Å². The molecule has 0 amide bonds. The van der Waals surface area contributed by atoms with Gasteiger partial charge in [-0.2, -0.15) is 0 Å². The molecule has 20 heavy (non-hydrogen) atoms. The van der Waals surface area contributed by atoms with Gasteiger partial charge >= 0.3 is 5.97 Å². The molecule has 0 aliphatic heterocycles. The molecule has 0 heterocycles. The number of likely N-dealkylation sites (N-methyl/N-ethyl adjacent to an activating group) is 1. The zero-order valence-electron chi connectivity index (χ0n) is 12.0. The van der Waals surface area contributed by atoms with E-state index in [2.05, 4.69) is 12.1 Å².